The Labute approximate surface area is 158 Å². The predicted molar refractivity (Wildman–Crippen MR) is 98.6 cm³/mol. The Morgan fingerprint density at radius 3 is 2.30 bits per heavy atom. The van der Waals surface area contributed by atoms with Crippen molar-refractivity contribution in [1.29, 1.82) is 0 Å². The highest BCUT2D eigenvalue weighted by Crippen LogP contribution is 2.33. The van der Waals surface area contributed by atoms with Crippen LogP contribution in [-0.4, -0.2) is 51.3 Å². The van der Waals surface area contributed by atoms with E-state index in [2.05, 4.69) is 20.6 Å². The molecule has 0 aliphatic carbocycles. The minimum absolute atomic E-state index is 0.0125. The SMILES string of the molecule is CC[C@]1(C2CCN(C(=O)Cc3c(C)nc(N)nc3C)CC2)NC(=O)NC1=O. The molecule has 146 valence electrons. The number of nitrogens with zero attached hydrogens (tertiary/aromatic N) is 3. The van der Waals surface area contributed by atoms with Crippen LogP contribution in [0, 0.1) is 19.8 Å². The average Bonchev–Trinajstić information content (AvgIpc) is 2.92. The lowest BCUT2D eigenvalue weighted by molar-refractivity contribution is -0.133. The van der Waals surface area contributed by atoms with E-state index in [0.29, 0.717) is 32.4 Å². The molecule has 0 saturated carbocycles. The first-order valence-corrected chi connectivity index (χ1v) is 9.27. The van der Waals surface area contributed by atoms with Gasteiger partial charge in [0.15, 0.2) is 0 Å². The minimum atomic E-state index is -0.857. The number of carbonyl (C=O) groups is 3. The van der Waals surface area contributed by atoms with Crippen LogP contribution in [0.25, 0.3) is 0 Å². The normalized spacial score (nSPS) is 23.3. The Bertz CT molecular complexity index is 764. The Balaban J connectivity index is 1.65. The van der Waals surface area contributed by atoms with Crippen LogP contribution in [0.15, 0.2) is 0 Å². The molecular formula is C18H26N6O3. The van der Waals surface area contributed by atoms with Gasteiger partial charge < -0.3 is 16.0 Å². The molecule has 2 fully saturated rings. The number of nitrogens with two attached hydrogens (primary N) is 1. The van der Waals surface area contributed by atoms with Crippen molar-refractivity contribution in [2.24, 2.45) is 5.92 Å². The van der Waals surface area contributed by atoms with Crippen LogP contribution in [0.1, 0.15) is 43.1 Å². The van der Waals surface area contributed by atoms with Crippen LogP contribution >= 0.6 is 0 Å². The standard InChI is InChI=1S/C18H26N6O3/c1-4-18(15(26)22-17(27)23-18)12-5-7-24(8-6-12)14(25)9-13-10(2)20-16(19)21-11(13)3/h12H,4-9H2,1-3H3,(H2,19,20,21)(H2,22,23,26,27)/t18-/m1/s1. The zero-order chi connectivity index (χ0) is 19.8. The molecule has 9 heteroatoms. The second-order valence-corrected chi connectivity index (χ2v) is 7.30. The largest absolute Gasteiger partial charge is 0.368 e. The van der Waals surface area contributed by atoms with Crippen molar-refractivity contribution in [3.8, 4) is 0 Å². The number of piperidine rings is 1. The molecule has 0 bridgehead atoms. The highest BCUT2D eigenvalue weighted by molar-refractivity contribution is 6.07. The van der Waals surface area contributed by atoms with E-state index in [0.717, 1.165) is 17.0 Å². The summed E-state index contributed by atoms with van der Waals surface area (Å²) >= 11 is 0. The Morgan fingerprint density at radius 2 is 1.81 bits per heavy atom. The number of hydrogen-bond acceptors (Lipinski definition) is 6. The van der Waals surface area contributed by atoms with E-state index < -0.39 is 11.6 Å². The summed E-state index contributed by atoms with van der Waals surface area (Å²) in [6.45, 7) is 6.67. The first kappa shape index (κ1) is 19.1. The molecule has 0 unspecified atom stereocenters. The quantitative estimate of drug-likeness (QED) is 0.656. The van der Waals surface area contributed by atoms with Gasteiger partial charge in [0, 0.05) is 30.0 Å². The van der Waals surface area contributed by atoms with Gasteiger partial charge in [-0.3, -0.25) is 14.9 Å². The van der Waals surface area contributed by atoms with E-state index in [4.69, 9.17) is 5.73 Å². The molecule has 1 atom stereocenters. The molecular weight excluding hydrogens is 348 g/mol. The van der Waals surface area contributed by atoms with Crippen molar-refractivity contribution in [2.45, 2.75) is 52.0 Å². The summed E-state index contributed by atoms with van der Waals surface area (Å²) in [6, 6.07) is -0.436. The zero-order valence-electron chi connectivity index (χ0n) is 16.0. The lowest BCUT2D eigenvalue weighted by Gasteiger charge is -2.40. The average molecular weight is 374 g/mol. The van der Waals surface area contributed by atoms with E-state index >= 15 is 0 Å². The van der Waals surface area contributed by atoms with Crippen molar-refractivity contribution in [2.75, 3.05) is 18.8 Å². The molecule has 0 radical (unpaired) electrons. The summed E-state index contributed by atoms with van der Waals surface area (Å²) in [5, 5.41) is 5.16. The van der Waals surface area contributed by atoms with Gasteiger partial charge in [-0.25, -0.2) is 14.8 Å². The predicted octanol–water partition coefficient (Wildman–Crippen LogP) is 0.445. The lowest BCUT2D eigenvalue weighted by atomic mass is 9.76. The Kier molecular flexibility index (Phi) is 5.03. The molecule has 0 spiro atoms. The van der Waals surface area contributed by atoms with Crippen molar-refractivity contribution in [3.05, 3.63) is 17.0 Å². The van der Waals surface area contributed by atoms with Crippen LogP contribution < -0.4 is 16.4 Å². The van der Waals surface area contributed by atoms with Gasteiger partial charge in [-0.05, 0) is 39.0 Å². The van der Waals surface area contributed by atoms with E-state index in [-0.39, 0.29) is 30.1 Å². The third-order valence-corrected chi connectivity index (χ3v) is 5.84. The van der Waals surface area contributed by atoms with Crippen molar-refractivity contribution in [3.63, 3.8) is 0 Å². The molecule has 2 aliphatic heterocycles. The van der Waals surface area contributed by atoms with Gasteiger partial charge in [-0.15, -0.1) is 0 Å². The van der Waals surface area contributed by atoms with E-state index in [1.54, 1.807) is 0 Å². The summed E-state index contributed by atoms with van der Waals surface area (Å²) in [6.07, 6.45) is 2.11. The molecule has 2 saturated heterocycles. The Hall–Kier alpha value is -2.71. The van der Waals surface area contributed by atoms with E-state index in [1.807, 2.05) is 25.7 Å². The number of urea groups is 1. The summed E-state index contributed by atoms with van der Waals surface area (Å²) in [4.78, 5) is 46.7. The summed E-state index contributed by atoms with van der Waals surface area (Å²) in [7, 11) is 0. The second kappa shape index (κ2) is 7.13. The number of nitrogen functional groups attached to an aromatic ring is 1. The van der Waals surface area contributed by atoms with Gasteiger partial charge in [0.2, 0.25) is 11.9 Å². The highest BCUT2D eigenvalue weighted by atomic mass is 16.2. The highest BCUT2D eigenvalue weighted by Gasteiger charge is 2.51. The number of carbonyl (C=O) groups excluding carboxylic acids is 3. The lowest BCUT2D eigenvalue weighted by Crippen LogP contribution is -2.56. The van der Waals surface area contributed by atoms with Gasteiger partial charge in [-0.2, -0.15) is 0 Å². The third-order valence-electron chi connectivity index (χ3n) is 5.84. The number of likely N-dealkylation sites (tertiary alicyclic amines) is 1. The number of aromatic nitrogens is 2. The van der Waals surface area contributed by atoms with Crippen molar-refractivity contribution >= 4 is 23.8 Å². The maximum absolute atomic E-state index is 12.7. The van der Waals surface area contributed by atoms with E-state index in [9.17, 15) is 14.4 Å². The monoisotopic (exact) mass is 374 g/mol. The molecule has 0 aromatic carbocycles. The first-order valence-electron chi connectivity index (χ1n) is 9.27. The summed E-state index contributed by atoms with van der Waals surface area (Å²) in [5.41, 5.74) is 7.04. The van der Waals surface area contributed by atoms with Gasteiger partial charge in [-0.1, -0.05) is 6.92 Å². The summed E-state index contributed by atoms with van der Waals surface area (Å²) < 4.78 is 0. The van der Waals surface area contributed by atoms with Gasteiger partial charge in [0.1, 0.15) is 5.54 Å². The number of hydrogen-bond donors (Lipinski definition) is 3. The van der Waals surface area contributed by atoms with Crippen LogP contribution in [0.4, 0.5) is 10.7 Å². The smallest absolute Gasteiger partial charge is 0.322 e. The fourth-order valence-corrected chi connectivity index (χ4v) is 4.24. The van der Waals surface area contributed by atoms with Crippen molar-refractivity contribution < 1.29 is 14.4 Å². The van der Waals surface area contributed by atoms with E-state index in [1.165, 1.54) is 0 Å². The van der Waals surface area contributed by atoms with Gasteiger partial charge in [0.25, 0.3) is 5.91 Å². The van der Waals surface area contributed by atoms with Gasteiger partial charge >= 0.3 is 6.03 Å². The topological polar surface area (TPSA) is 130 Å². The molecule has 27 heavy (non-hydrogen) atoms. The van der Waals surface area contributed by atoms with Crippen LogP contribution in [0.3, 0.4) is 0 Å². The maximum Gasteiger partial charge on any atom is 0.322 e. The summed E-state index contributed by atoms with van der Waals surface area (Å²) in [5.74, 6) is -0.0198. The van der Waals surface area contributed by atoms with Crippen molar-refractivity contribution in [1.82, 2.24) is 25.5 Å². The maximum atomic E-state index is 12.7. The third kappa shape index (κ3) is 3.45. The zero-order valence-corrected chi connectivity index (χ0v) is 16.0. The number of nitrogens with one attached hydrogen (secondary N) is 2. The fraction of sp³-hybridized carbons (Fsp3) is 0.611. The minimum Gasteiger partial charge on any atom is -0.368 e. The molecule has 9 nitrogen and oxygen atoms in total. The number of anilines is 1. The molecule has 4 N–H and O–H groups in total. The molecule has 1 aromatic heterocycles. The number of rotatable bonds is 4. The van der Waals surface area contributed by atoms with Crippen LogP contribution in [0.2, 0.25) is 0 Å². The van der Waals surface area contributed by atoms with Gasteiger partial charge in [0.05, 0.1) is 6.42 Å². The number of aryl methyl sites for hydroxylation is 2. The number of amides is 4. The molecule has 4 amide bonds. The molecule has 3 rings (SSSR count). The van der Waals surface area contributed by atoms with Crippen LogP contribution in [0.5, 0.6) is 0 Å². The Morgan fingerprint density at radius 1 is 1.22 bits per heavy atom. The first-order chi connectivity index (χ1) is 12.8. The second-order valence-electron chi connectivity index (χ2n) is 7.30. The molecule has 2 aliphatic rings. The fourth-order valence-electron chi connectivity index (χ4n) is 4.24. The molecule has 3 heterocycles. The molecule has 1 aromatic rings. The van der Waals surface area contributed by atoms with Crippen LogP contribution in [-0.2, 0) is 16.0 Å². The number of imide groups is 1.